The molecule has 1 unspecified atom stereocenters. The van der Waals surface area contributed by atoms with Gasteiger partial charge in [0.25, 0.3) is 0 Å². The molecule has 2 amide bonds. The van der Waals surface area contributed by atoms with Crippen molar-refractivity contribution in [3.63, 3.8) is 0 Å². The Bertz CT molecular complexity index is 301. The van der Waals surface area contributed by atoms with Crippen molar-refractivity contribution in [3.05, 3.63) is 0 Å². The second-order valence-electron chi connectivity index (χ2n) is 5.20. The summed E-state index contributed by atoms with van der Waals surface area (Å²) in [5.41, 5.74) is 0. The minimum Gasteiger partial charge on any atom is -0.481 e. The van der Waals surface area contributed by atoms with Gasteiger partial charge in [-0.3, -0.25) is 4.79 Å². The maximum absolute atomic E-state index is 12.0. The van der Waals surface area contributed by atoms with Crippen molar-refractivity contribution in [3.8, 4) is 0 Å². The van der Waals surface area contributed by atoms with Crippen molar-refractivity contribution >= 4 is 12.0 Å². The molecule has 0 aliphatic carbocycles. The molecule has 6 heteroatoms. The number of hydrogen-bond acceptors (Lipinski definition) is 3. The van der Waals surface area contributed by atoms with Gasteiger partial charge in [-0.15, -0.1) is 0 Å². The van der Waals surface area contributed by atoms with E-state index in [1.54, 1.807) is 4.90 Å². The first kappa shape index (κ1) is 15.8. The molecule has 1 heterocycles. The summed E-state index contributed by atoms with van der Waals surface area (Å²) in [4.78, 5) is 24.2. The van der Waals surface area contributed by atoms with Crippen LogP contribution in [-0.4, -0.2) is 54.4 Å². The van der Waals surface area contributed by atoms with E-state index in [9.17, 15) is 9.59 Å². The molecule has 19 heavy (non-hydrogen) atoms. The summed E-state index contributed by atoms with van der Waals surface area (Å²) >= 11 is 0. The number of nitrogens with one attached hydrogen (secondary N) is 1. The van der Waals surface area contributed by atoms with E-state index in [1.165, 1.54) is 0 Å². The third-order valence-electron chi connectivity index (χ3n) is 3.25. The number of carbonyl (C=O) groups is 2. The van der Waals surface area contributed by atoms with Crippen molar-refractivity contribution in [2.45, 2.75) is 39.2 Å². The second-order valence-corrected chi connectivity index (χ2v) is 5.20. The third-order valence-corrected chi connectivity index (χ3v) is 3.25. The first-order chi connectivity index (χ1) is 9.00. The molecular formula is C13H24N2O4. The lowest BCUT2D eigenvalue weighted by Crippen LogP contribution is -2.46. The van der Waals surface area contributed by atoms with E-state index in [1.807, 2.05) is 13.8 Å². The molecule has 2 N–H and O–H groups in total. The molecular weight excluding hydrogens is 248 g/mol. The zero-order valence-electron chi connectivity index (χ0n) is 11.7. The largest absolute Gasteiger partial charge is 0.481 e. The quantitative estimate of drug-likeness (QED) is 0.764. The molecule has 1 fully saturated rings. The molecule has 1 saturated heterocycles. The van der Waals surface area contributed by atoms with Crippen LogP contribution in [0.25, 0.3) is 0 Å². The normalized spacial score (nSPS) is 19.2. The summed E-state index contributed by atoms with van der Waals surface area (Å²) in [5.74, 6) is -0.523. The van der Waals surface area contributed by atoms with Gasteiger partial charge in [-0.2, -0.15) is 0 Å². The van der Waals surface area contributed by atoms with E-state index in [4.69, 9.17) is 9.84 Å². The number of urea groups is 1. The molecule has 0 radical (unpaired) electrons. The molecule has 6 nitrogen and oxygen atoms in total. The fraction of sp³-hybridized carbons (Fsp3) is 0.846. The highest BCUT2D eigenvalue weighted by Gasteiger charge is 2.20. The monoisotopic (exact) mass is 272 g/mol. The summed E-state index contributed by atoms with van der Waals surface area (Å²) in [5, 5.41) is 11.6. The molecule has 0 saturated carbocycles. The van der Waals surface area contributed by atoms with Crippen LogP contribution in [0.3, 0.4) is 0 Å². The Morgan fingerprint density at radius 3 is 2.74 bits per heavy atom. The molecule has 0 aromatic rings. The lowest BCUT2D eigenvalue weighted by Gasteiger charge is -2.28. The van der Waals surface area contributed by atoms with Gasteiger partial charge in [0, 0.05) is 25.7 Å². The van der Waals surface area contributed by atoms with Crippen molar-refractivity contribution in [2.24, 2.45) is 5.92 Å². The Balaban J connectivity index is 2.36. The minimum absolute atomic E-state index is 0.0121. The van der Waals surface area contributed by atoms with Gasteiger partial charge in [0.15, 0.2) is 0 Å². The van der Waals surface area contributed by atoms with E-state index in [0.717, 1.165) is 19.4 Å². The Morgan fingerprint density at radius 1 is 1.47 bits per heavy atom. The van der Waals surface area contributed by atoms with Crippen LogP contribution in [0.4, 0.5) is 4.79 Å². The average Bonchev–Trinajstić information content (AvgIpc) is 2.37. The summed E-state index contributed by atoms with van der Waals surface area (Å²) in [6.45, 7) is 6.09. The summed E-state index contributed by atoms with van der Waals surface area (Å²) in [6.07, 6.45) is 2.07. The van der Waals surface area contributed by atoms with E-state index < -0.39 is 5.97 Å². The fourth-order valence-corrected chi connectivity index (χ4v) is 2.11. The summed E-state index contributed by atoms with van der Waals surface area (Å²) in [6, 6.07) is -0.205. The highest BCUT2D eigenvalue weighted by atomic mass is 16.5. The van der Waals surface area contributed by atoms with Crippen LogP contribution in [0.15, 0.2) is 0 Å². The van der Waals surface area contributed by atoms with Crippen LogP contribution in [0.1, 0.15) is 33.1 Å². The first-order valence-corrected chi connectivity index (χ1v) is 6.84. The molecule has 1 aliphatic rings. The highest BCUT2D eigenvalue weighted by Crippen LogP contribution is 2.12. The van der Waals surface area contributed by atoms with Crippen molar-refractivity contribution in [1.29, 1.82) is 0 Å². The molecule has 1 aliphatic heterocycles. The van der Waals surface area contributed by atoms with E-state index in [0.29, 0.717) is 19.1 Å². The van der Waals surface area contributed by atoms with E-state index in [2.05, 4.69) is 5.32 Å². The number of carboxylic acids is 1. The third kappa shape index (κ3) is 5.92. The van der Waals surface area contributed by atoms with Crippen LogP contribution in [-0.2, 0) is 9.53 Å². The van der Waals surface area contributed by atoms with Crippen LogP contribution < -0.4 is 5.32 Å². The van der Waals surface area contributed by atoms with Gasteiger partial charge >= 0.3 is 12.0 Å². The van der Waals surface area contributed by atoms with E-state index >= 15 is 0 Å². The SMILES string of the molecule is CC(C)N(CCC(=O)O)C(=O)NCC1CCCOC1. The Labute approximate surface area is 114 Å². The number of amides is 2. The number of carboxylic acid groups (broad SMARTS) is 1. The number of ether oxygens (including phenoxy) is 1. The van der Waals surface area contributed by atoms with Crippen LogP contribution in [0.5, 0.6) is 0 Å². The number of carbonyl (C=O) groups excluding carboxylic acids is 1. The second kappa shape index (κ2) is 7.99. The van der Waals surface area contributed by atoms with Gasteiger partial charge < -0.3 is 20.1 Å². The van der Waals surface area contributed by atoms with Crippen LogP contribution >= 0.6 is 0 Å². The Kier molecular flexibility index (Phi) is 6.62. The average molecular weight is 272 g/mol. The van der Waals surface area contributed by atoms with Crippen LogP contribution in [0, 0.1) is 5.92 Å². The number of rotatable bonds is 6. The van der Waals surface area contributed by atoms with E-state index in [-0.39, 0.29) is 25.0 Å². The maximum atomic E-state index is 12.0. The number of hydrogen-bond donors (Lipinski definition) is 2. The zero-order chi connectivity index (χ0) is 14.3. The number of aliphatic carboxylic acids is 1. The topological polar surface area (TPSA) is 78.9 Å². The summed E-state index contributed by atoms with van der Waals surface area (Å²) in [7, 11) is 0. The maximum Gasteiger partial charge on any atom is 0.317 e. The number of nitrogens with zero attached hydrogens (tertiary/aromatic N) is 1. The molecule has 1 atom stereocenters. The van der Waals surface area contributed by atoms with Crippen LogP contribution in [0.2, 0.25) is 0 Å². The van der Waals surface area contributed by atoms with Gasteiger partial charge in [0.05, 0.1) is 13.0 Å². The summed E-state index contributed by atoms with van der Waals surface area (Å²) < 4.78 is 5.36. The van der Waals surface area contributed by atoms with Crippen molar-refractivity contribution in [1.82, 2.24) is 10.2 Å². The molecule has 0 spiro atoms. The highest BCUT2D eigenvalue weighted by molar-refractivity contribution is 5.75. The molecule has 0 aromatic carbocycles. The minimum atomic E-state index is -0.890. The zero-order valence-corrected chi connectivity index (χ0v) is 11.7. The standard InChI is InChI=1S/C13H24N2O4/c1-10(2)15(6-5-12(16)17)13(18)14-8-11-4-3-7-19-9-11/h10-11H,3-9H2,1-2H3,(H,14,18)(H,16,17). The van der Waals surface area contributed by atoms with Gasteiger partial charge in [-0.25, -0.2) is 4.79 Å². The Hall–Kier alpha value is -1.30. The van der Waals surface area contributed by atoms with Gasteiger partial charge in [0.1, 0.15) is 0 Å². The van der Waals surface area contributed by atoms with Gasteiger partial charge in [-0.1, -0.05) is 0 Å². The predicted octanol–water partition coefficient (Wildman–Crippen LogP) is 1.31. The van der Waals surface area contributed by atoms with Crippen molar-refractivity contribution < 1.29 is 19.4 Å². The smallest absolute Gasteiger partial charge is 0.317 e. The Morgan fingerprint density at radius 2 is 2.21 bits per heavy atom. The molecule has 0 aromatic heterocycles. The van der Waals surface area contributed by atoms with Crippen molar-refractivity contribution in [2.75, 3.05) is 26.3 Å². The predicted molar refractivity (Wildman–Crippen MR) is 71.0 cm³/mol. The lowest BCUT2D eigenvalue weighted by molar-refractivity contribution is -0.137. The fourth-order valence-electron chi connectivity index (χ4n) is 2.11. The van der Waals surface area contributed by atoms with Gasteiger partial charge in [0.2, 0.25) is 0 Å². The first-order valence-electron chi connectivity index (χ1n) is 6.84. The lowest BCUT2D eigenvalue weighted by atomic mass is 10.0. The molecule has 1 rings (SSSR count). The van der Waals surface area contributed by atoms with Gasteiger partial charge in [-0.05, 0) is 32.6 Å². The molecule has 110 valence electrons. The molecule has 0 bridgehead atoms.